The molecule has 0 spiro atoms. The molecule has 0 atom stereocenters. The van der Waals surface area contributed by atoms with E-state index in [4.69, 9.17) is 14.6 Å². The first-order valence-corrected chi connectivity index (χ1v) is 6.51. The van der Waals surface area contributed by atoms with Crippen LogP contribution in [0.5, 0.6) is 11.5 Å². The number of hydrogen-bond donors (Lipinski definition) is 1. The zero-order chi connectivity index (χ0) is 15.4. The van der Waals surface area contributed by atoms with Crippen molar-refractivity contribution in [2.45, 2.75) is 6.61 Å². The molecule has 21 heavy (non-hydrogen) atoms. The monoisotopic (exact) mass is 310 g/mol. The Morgan fingerprint density at radius 3 is 2.76 bits per heavy atom. The third kappa shape index (κ3) is 3.26. The summed E-state index contributed by atoms with van der Waals surface area (Å²) in [6, 6.07) is 2.10. The summed E-state index contributed by atoms with van der Waals surface area (Å²) < 4.78 is 10.4. The summed E-state index contributed by atoms with van der Waals surface area (Å²) >= 11 is 1.37. The Bertz CT molecular complexity index is 671. The number of nitrogens with zero attached hydrogens (tertiary/aromatic N) is 2. The smallest absolute Gasteiger partial charge is 0.342 e. The van der Waals surface area contributed by atoms with E-state index in [1.165, 1.54) is 18.4 Å². The topological polar surface area (TPSA) is 112 Å². The fourth-order valence-electron chi connectivity index (χ4n) is 1.61. The maximum absolute atomic E-state index is 11.0. The average Bonchev–Trinajstić information content (AvgIpc) is 2.97. The molecule has 2 aromatic rings. The van der Waals surface area contributed by atoms with Crippen LogP contribution in [-0.4, -0.2) is 28.1 Å². The Balaban J connectivity index is 2.37. The summed E-state index contributed by atoms with van der Waals surface area (Å²) in [5.74, 6) is -1.22. The van der Waals surface area contributed by atoms with Crippen LogP contribution in [0.3, 0.4) is 0 Å². The highest BCUT2D eigenvalue weighted by Gasteiger charge is 2.24. The third-order valence-electron chi connectivity index (χ3n) is 2.54. The average molecular weight is 310 g/mol. The van der Waals surface area contributed by atoms with Crippen LogP contribution < -0.4 is 9.47 Å². The minimum atomic E-state index is -1.41. The highest BCUT2D eigenvalue weighted by Crippen LogP contribution is 2.35. The molecule has 0 bridgehead atoms. The van der Waals surface area contributed by atoms with E-state index in [-0.39, 0.29) is 18.1 Å². The molecule has 1 heterocycles. The van der Waals surface area contributed by atoms with Gasteiger partial charge in [-0.1, -0.05) is 0 Å². The van der Waals surface area contributed by atoms with Gasteiger partial charge in [0.2, 0.25) is 0 Å². The van der Waals surface area contributed by atoms with E-state index >= 15 is 0 Å². The number of carboxylic acids is 1. The van der Waals surface area contributed by atoms with Crippen molar-refractivity contribution in [2.75, 3.05) is 7.11 Å². The fourth-order valence-corrected chi connectivity index (χ4v) is 2.14. The van der Waals surface area contributed by atoms with Gasteiger partial charge in [0.1, 0.15) is 17.2 Å². The lowest BCUT2D eigenvalue weighted by molar-refractivity contribution is -0.385. The normalized spacial score (nSPS) is 10.1. The predicted molar refractivity (Wildman–Crippen MR) is 73.1 cm³/mol. The van der Waals surface area contributed by atoms with Crippen LogP contribution in [0.1, 0.15) is 15.4 Å². The first-order chi connectivity index (χ1) is 10.0. The second-order valence-corrected chi connectivity index (χ2v) is 4.78. The maximum atomic E-state index is 11.0. The predicted octanol–water partition coefficient (Wildman–Crippen LogP) is 2.34. The molecular weight excluding hydrogens is 300 g/mol. The van der Waals surface area contributed by atoms with Gasteiger partial charge in [0.25, 0.3) is 5.69 Å². The summed E-state index contributed by atoms with van der Waals surface area (Å²) in [7, 11) is 1.32. The van der Waals surface area contributed by atoms with Crippen LogP contribution in [0.25, 0.3) is 0 Å². The number of rotatable bonds is 6. The van der Waals surface area contributed by atoms with Crippen molar-refractivity contribution in [3.63, 3.8) is 0 Å². The third-order valence-corrected chi connectivity index (χ3v) is 3.30. The number of benzene rings is 1. The van der Waals surface area contributed by atoms with E-state index in [0.29, 0.717) is 5.01 Å². The number of carbonyl (C=O) groups is 1. The van der Waals surface area contributed by atoms with E-state index in [2.05, 4.69) is 4.98 Å². The van der Waals surface area contributed by atoms with Crippen LogP contribution >= 0.6 is 11.3 Å². The van der Waals surface area contributed by atoms with Crippen molar-refractivity contribution >= 4 is 23.0 Å². The van der Waals surface area contributed by atoms with Crippen molar-refractivity contribution in [3.05, 3.63) is 44.4 Å². The molecule has 0 aliphatic carbocycles. The largest absolute Gasteiger partial charge is 0.493 e. The minimum absolute atomic E-state index is 0.0874. The standard InChI is InChI=1S/C12H10N2O6S/c1-19-9-4-7(12(15)16)8(14(17)18)5-10(9)20-6-11-13-2-3-21-11/h2-5H,6H2,1H3,(H,15,16). The number of aromatic carboxylic acids is 1. The number of nitro groups is 1. The Morgan fingerprint density at radius 2 is 2.24 bits per heavy atom. The number of thiazole rings is 1. The SMILES string of the molecule is COc1cc(C(=O)O)c([N+](=O)[O-])cc1OCc1nccs1. The number of ether oxygens (including phenoxy) is 2. The molecule has 0 aliphatic heterocycles. The summed E-state index contributed by atoms with van der Waals surface area (Å²) in [4.78, 5) is 25.2. The summed E-state index contributed by atoms with van der Waals surface area (Å²) in [5.41, 5.74) is -1.02. The van der Waals surface area contributed by atoms with Crippen LogP contribution in [0, 0.1) is 10.1 Å². The number of hydrogen-bond acceptors (Lipinski definition) is 7. The molecule has 0 aliphatic rings. The Hall–Kier alpha value is -2.68. The van der Waals surface area contributed by atoms with Gasteiger partial charge in [-0.3, -0.25) is 10.1 Å². The summed E-state index contributed by atoms with van der Waals surface area (Å²) in [6.45, 7) is 0.109. The molecule has 0 fully saturated rings. The molecule has 9 heteroatoms. The zero-order valence-corrected chi connectivity index (χ0v) is 11.6. The van der Waals surface area contributed by atoms with Gasteiger partial charge in [0.05, 0.1) is 18.1 Å². The van der Waals surface area contributed by atoms with Crippen molar-refractivity contribution in [2.24, 2.45) is 0 Å². The quantitative estimate of drug-likeness (QED) is 0.643. The summed E-state index contributed by atoms with van der Waals surface area (Å²) in [5, 5.41) is 22.4. The van der Waals surface area contributed by atoms with Crippen LogP contribution in [0.15, 0.2) is 23.7 Å². The van der Waals surface area contributed by atoms with Crippen molar-refractivity contribution in [1.29, 1.82) is 0 Å². The van der Waals surface area contributed by atoms with Crippen molar-refractivity contribution in [1.82, 2.24) is 4.98 Å². The first kappa shape index (κ1) is 14.7. The lowest BCUT2D eigenvalue weighted by Gasteiger charge is -2.10. The number of nitro benzene ring substituents is 1. The molecule has 0 amide bonds. The van der Waals surface area contributed by atoms with E-state index in [9.17, 15) is 14.9 Å². The molecular formula is C12H10N2O6S. The lowest BCUT2D eigenvalue weighted by Crippen LogP contribution is -2.05. The molecule has 1 N–H and O–H groups in total. The van der Waals surface area contributed by atoms with Crippen LogP contribution in [0.2, 0.25) is 0 Å². The molecule has 110 valence electrons. The van der Waals surface area contributed by atoms with Gasteiger partial charge in [-0.2, -0.15) is 0 Å². The van der Waals surface area contributed by atoms with Crippen LogP contribution in [-0.2, 0) is 6.61 Å². The number of aromatic nitrogens is 1. The van der Waals surface area contributed by atoms with Gasteiger partial charge in [0.15, 0.2) is 11.5 Å². The van der Waals surface area contributed by atoms with Gasteiger partial charge in [-0.05, 0) is 0 Å². The van der Waals surface area contributed by atoms with Crippen LogP contribution in [0.4, 0.5) is 5.69 Å². The number of methoxy groups -OCH3 is 1. The molecule has 0 saturated carbocycles. The highest BCUT2D eigenvalue weighted by atomic mass is 32.1. The molecule has 1 aromatic carbocycles. The van der Waals surface area contributed by atoms with Gasteiger partial charge in [-0.25, -0.2) is 9.78 Å². The van der Waals surface area contributed by atoms with Gasteiger partial charge >= 0.3 is 5.97 Å². The minimum Gasteiger partial charge on any atom is -0.493 e. The van der Waals surface area contributed by atoms with E-state index in [1.807, 2.05) is 0 Å². The van der Waals surface area contributed by atoms with E-state index in [1.54, 1.807) is 11.6 Å². The lowest BCUT2D eigenvalue weighted by atomic mass is 10.1. The fraction of sp³-hybridized carbons (Fsp3) is 0.167. The van der Waals surface area contributed by atoms with E-state index in [0.717, 1.165) is 12.1 Å². The zero-order valence-electron chi connectivity index (χ0n) is 10.8. The Kier molecular flexibility index (Phi) is 4.33. The second kappa shape index (κ2) is 6.18. The second-order valence-electron chi connectivity index (χ2n) is 3.80. The highest BCUT2D eigenvalue weighted by molar-refractivity contribution is 7.09. The first-order valence-electron chi connectivity index (χ1n) is 5.63. The van der Waals surface area contributed by atoms with Gasteiger partial charge in [0, 0.05) is 17.6 Å². The molecule has 1 aromatic heterocycles. The van der Waals surface area contributed by atoms with Gasteiger partial charge in [-0.15, -0.1) is 11.3 Å². The molecule has 0 saturated heterocycles. The van der Waals surface area contributed by atoms with E-state index < -0.39 is 22.1 Å². The Labute approximate surface area is 122 Å². The maximum Gasteiger partial charge on any atom is 0.342 e. The number of carboxylic acid groups (broad SMARTS) is 1. The van der Waals surface area contributed by atoms with Crippen molar-refractivity contribution in [3.8, 4) is 11.5 Å². The summed E-state index contributed by atoms with van der Waals surface area (Å²) in [6.07, 6.45) is 1.61. The van der Waals surface area contributed by atoms with Crippen molar-refractivity contribution < 1.29 is 24.3 Å². The molecule has 8 nitrogen and oxygen atoms in total. The molecule has 0 radical (unpaired) electrons. The molecule has 0 unspecified atom stereocenters. The van der Waals surface area contributed by atoms with Gasteiger partial charge < -0.3 is 14.6 Å². The molecule has 2 rings (SSSR count). The Morgan fingerprint density at radius 1 is 1.48 bits per heavy atom.